The third-order valence-electron chi connectivity index (χ3n) is 10.8. The van der Waals surface area contributed by atoms with E-state index >= 15 is 0 Å². The van der Waals surface area contributed by atoms with Crippen LogP contribution in [-0.4, -0.2) is 59.0 Å². The normalized spacial score (nSPS) is 14.7. The van der Waals surface area contributed by atoms with E-state index in [1.165, 1.54) is 167 Å². The monoisotopic (exact) mass is 829 g/mol. The zero-order chi connectivity index (χ0) is 41.9. The summed E-state index contributed by atoms with van der Waals surface area (Å²) in [5, 5.41) is 24.1. The average Bonchev–Trinajstić information content (AvgIpc) is 3.19. The maximum absolute atomic E-state index is 12.8. The smallest absolute Gasteiger partial charge is 0.393 e. The standard InChI is InChI=1S/C47H93N2O7P/c1-3-5-7-9-11-13-15-17-19-20-21-22-23-24-25-27-29-31-33-35-37-39-46(51)45(43-56-57(53,54)55-41-40-48)49-47(52)42-44(50)38-36-34-32-30-28-26-18-16-14-12-10-8-6-4-2/h29,31,37,39,44-46,50-51H,3-28,30,32-36,38,40-43,48H2,1-2H3,(H,49,52)(H,53,54)/b31-29+,39-37+. The van der Waals surface area contributed by atoms with E-state index in [1.807, 2.05) is 6.08 Å². The lowest BCUT2D eigenvalue weighted by atomic mass is 10.0. The molecule has 1 amide bonds. The Morgan fingerprint density at radius 3 is 1.46 bits per heavy atom. The van der Waals surface area contributed by atoms with E-state index in [4.69, 9.17) is 14.8 Å². The molecule has 0 aliphatic rings. The highest BCUT2D eigenvalue weighted by atomic mass is 31.2. The highest BCUT2D eigenvalue weighted by molar-refractivity contribution is 7.47. The van der Waals surface area contributed by atoms with Crippen LogP contribution in [0.25, 0.3) is 0 Å². The van der Waals surface area contributed by atoms with Gasteiger partial charge in [0.25, 0.3) is 0 Å². The second-order valence-corrected chi connectivity index (χ2v) is 18.0. The van der Waals surface area contributed by atoms with Gasteiger partial charge in [-0.1, -0.05) is 218 Å². The SMILES string of the molecule is CCCCCCCCCCCCCCCCC/C=C/CC/C=C/C(O)C(COP(=O)(O)OCCN)NC(=O)CC(O)CCCCCCCCCCCCCCCC. The minimum atomic E-state index is -4.41. The summed E-state index contributed by atoms with van der Waals surface area (Å²) in [5.41, 5.74) is 5.37. The van der Waals surface area contributed by atoms with E-state index in [1.54, 1.807) is 6.08 Å². The van der Waals surface area contributed by atoms with Crippen molar-refractivity contribution >= 4 is 13.7 Å². The van der Waals surface area contributed by atoms with Gasteiger partial charge >= 0.3 is 7.82 Å². The Bertz CT molecular complexity index is 966. The molecule has 0 bridgehead atoms. The van der Waals surface area contributed by atoms with E-state index in [0.29, 0.717) is 12.8 Å². The molecular weight excluding hydrogens is 735 g/mol. The van der Waals surface area contributed by atoms with Crippen molar-refractivity contribution in [2.75, 3.05) is 19.8 Å². The number of unbranched alkanes of at least 4 members (excludes halogenated alkanes) is 29. The fraction of sp³-hybridized carbons (Fsp3) is 0.894. The van der Waals surface area contributed by atoms with Crippen molar-refractivity contribution in [2.24, 2.45) is 5.73 Å². The summed E-state index contributed by atoms with van der Waals surface area (Å²) >= 11 is 0. The van der Waals surface area contributed by atoms with Crippen molar-refractivity contribution in [1.29, 1.82) is 0 Å². The molecule has 0 rings (SSSR count). The number of aliphatic hydroxyl groups is 2. The molecule has 4 atom stereocenters. The van der Waals surface area contributed by atoms with Crippen LogP contribution < -0.4 is 11.1 Å². The Kier molecular flexibility index (Phi) is 42.2. The Hall–Kier alpha value is -1.06. The Labute approximate surface area is 351 Å². The molecule has 4 unspecified atom stereocenters. The van der Waals surface area contributed by atoms with Crippen LogP contribution in [0.5, 0.6) is 0 Å². The zero-order valence-corrected chi connectivity index (χ0v) is 38.1. The van der Waals surface area contributed by atoms with Gasteiger partial charge in [0.1, 0.15) is 0 Å². The van der Waals surface area contributed by atoms with Crippen LogP contribution in [-0.2, 0) is 18.4 Å². The number of nitrogens with one attached hydrogen (secondary N) is 1. The average molecular weight is 829 g/mol. The van der Waals surface area contributed by atoms with Gasteiger partial charge in [-0.05, 0) is 32.1 Å². The lowest BCUT2D eigenvalue weighted by Crippen LogP contribution is -2.46. The van der Waals surface area contributed by atoms with Gasteiger partial charge < -0.3 is 26.2 Å². The van der Waals surface area contributed by atoms with Gasteiger partial charge in [0.05, 0.1) is 37.9 Å². The van der Waals surface area contributed by atoms with E-state index in [9.17, 15) is 24.5 Å². The summed E-state index contributed by atoms with van der Waals surface area (Å²) in [6.07, 6.45) is 47.0. The molecule has 0 aliphatic carbocycles. The van der Waals surface area contributed by atoms with Crippen LogP contribution in [0, 0.1) is 0 Å². The van der Waals surface area contributed by atoms with Crippen molar-refractivity contribution < 1.29 is 33.5 Å². The van der Waals surface area contributed by atoms with Gasteiger partial charge in [-0.25, -0.2) is 4.57 Å². The summed E-state index contributed by atoms with van der Waals surface area (Å²) in [7, 11) is -4.41. The van der Waals surface area contributed by atoms with E-state index in [-0.39, 0.29) is 19.6 Å². The minimum Gasteiger partial charge on any atom is -0.393 e. The van der Waals surface area contributed by atoms with Gasteiger partial charge in [0, 0.05) is 6.54 Å². The Morgan fingerprint density at radius 2 is 1.00 bits per heavy atom. The first-order chi connectivity index (χ1) is 27.8. The number of allylic oxidation sites excluding steroid dienone is 3. The number of amides is 1. The molecule has 0 aliphatic heterocycles. The molecule has 6 N–H and O–H groups in total. The van der Waals surface area contributed by atoms with Crippen LogP contribution in [0.3, 0.4) is 0 Å². The molecule has 0 aromatic carbocycles. The zero-order valence-electron chi connectivity index (χ0n) is 37.2. The number of hydrogen-bond donors (Lipinski definition) is 5. The van der Waals surface area contributed by atoms with E-state index in [0.717, 1.165) is 32.1 Å². The number of nitrogens with two attached hydrogens (primary N) is 1. The molecule has 0 aromatic heterocycles. The van der Waals surface area contributed by atoms with Crippen molar-refractivity contribution in [1.82, 2.24) is 5.32 Å². The second-order valence-electron chi connectivity index (χ2n) is 16.5. The second kappa shape index (κ2) is 43.0. The Morgan fingerprint density at radius 1 is 0.596 bits per heavy atom. The maximum atomic E-state index is 12.8. The van der Waals surface area contributed by atoms with Crippen molar-refractivity contribution in [3.63, 3.8) is 0 Å². The molecule has 338 valence electrons. The lowest BCUT2D eigenvalue weighted by Gasteiger charge is -2.24. The molecule has 10 heteroatoms. The molecule has 0 radical (unpaired) electrons. The van der Waals surface area contributed by atoms with Crippen LogP contribution >= 0.6 is 7.82 Å². The number of carbonyl (C=O) groups is 1. The van der Waals surface area contributed by atoms with Gasteiger partial charge in [-0.3, -0.25) is 13.8 Å². The number of hydrogen-bond acceptors (Lipinski definition) is 7. The quantitative estimate of drug-likeness (QED) is 0.0231. The maximum Gasteiger partial charge on any atom is 0.472 e. The summed E-state index contributed by atoms with van der Waals surface area (Å²) in [4.78, 5) is 22.8. The third kappa shape index (κ3) is 41.5. The third-order valence-corrected chi connectivity index (χ3v) is 11.8. The number of carbonyl (C=O) groups excluding carboxylic acids is 1. The first kappa shape index (κ1) is 55.9. The molecule has 0 heterocycles. The first-order valence-corrected chi connectivity index (χ1v) is 25.5. The number of phosphoric acid groups is 1. The highest BCUT2D eigenvalue weighted by Crippen LogP contribution is 2.43. The minimum absolute atomic E-state index is 0.0462. The molecular formula is C47H93N2O7P. The van der Waals surface area contributed by atoms with Gasteiger partial charge in [0.2, 0.25) is 5.91 Å². The number of aliphatic hydroxyl groups excluding tert-OH is 2. The lowest BCUT2D eigenvalue weighted by molar-refractivity contribution is -0.124. The van der Waals surface area contributed by atoms with Crippen molar-refractivity contribution in [3.05, 3.63) is 24.3 Å². The summed E-state index contributed by atoms with van der Waals surface area (Å²) < 4.78 is 22.1. The summed E-state index contributed by atoms with van der Waals surface area (Å²) in [5.74, 6) is -0.453. The molecule has 0 spiro atoms. The number of rotatable bonds is 45. The Balaban J connectivity index is 4.28. The molecule has 9 nitrogen and oxygen atoms in total. The van der Waals surface area contributed by atoms with Crippen LogP contribution in [0.15, 0.2) is 24.3 Å². The van der Waals surface area contributed by atoms with Crippen molar-refractivity contribution in [2.45, 2.75) is 250 Å². The predicted octanol–water partition coefficient (Wildman–Crippen LogP) is 12.7. The van der Waals surface area contributed by atoms with Crippen LogP contribution in [0.2, 0.25) is 0 Å². The largest absolute Gasteiger partial charge is 0.472 e. The predicted molar refractivity (Wildman–Crippen MR) is 241 cm³/mol. The summed E-state index contributed by atoms with van der Waals surface area (Å²) in [6.45, 7) is 3.98. The summed E-state index contributed by atoms with van der Waals surface area (Å²) in [6, 6.07) is -0.996. The number of phosphoric ester groups is 1. The van der Waals surface area contributed by atoms with Crippen LogP contribution in [0.4, 0.5) is 0 Å². The highest BCUT2D eigenvalue weighted by Gasteiger charge is 2.27. The molecule has 0 saturated heterocycles. The molecule has 57 heavy (non-hydrogen) atoms. The van der Waals surface area contributed by atoms with Gasteiger partial charge in [-0.15, -0.1) is 0 Å². The topological polar surface area (TPSA) is 151 Å². The van der Waals surface area contributed by atoms with Gasteiger partial charge in [-0.2, -0.15) is 0 Å². The molecule has 0 saturated carbocycles. The molecule has 0 aromatic rings. The van der Waals surface area contributed by atoms with Crippen molar-refractivity contribution in [3.8, 4) is 0 Å². The fourth-order valence-electron chi connectivity index (χ4n) is 7.19. The van der Waals surface area contributed by atoms with E-state index < -0.39 is 38.6 Å². The van der Waals surface area contributed by atoms with Crippen LogP contribution in [0.1, 0.15) is 232 Å². The fourth-order valence-corrected chi connectivity index (χ4v) is 7.95. The molecule has 0 fully saturated rings. The van der Waals surface area contributed by atoms with E-state index in [2.05, 4.69) is 31.3 Å². The van der Waals surface area contributed by atoms with Gasteiger partial charge in [0.15, 0.2) is 0 Å². The first-order valence-electron chi connectivity index (χ1n) is 24.0.